The Bertz CT molecular complexity index is 853. The van der Waals surface area contributed by atoms with Gasteiger partial charge in [0.1, 0.15) is 18.2 Å². The minimum Gasteiger partial charge on any atom is -0.489 e. The van der Waals surface area contributed by atoms with Crippen LogP contribution in [0.1, 0.15) is 11.1 Å². The summed E-state index contributed by atoms with van der Waals surface area (Å²) in [5, 5.41) is 4.29. The van der Waals surface area contributed by atoms with Crippen LogP contribution in [0.2, 0.25) is 10.0 Å². The highest BCUT2D eigenvalue weighted by Gasteiger charge is 2.02. The van der Waals surface area contributed by atoms with Crippen LogP contribution in [-0.4, -0.2) is 0 Å². The van der Waals surface area contributed by atoms with Crippen molar-refractivity contribution in [3.8, 4) is 5.75 Å². The molecule has 0 spiro atoms. The molecule has 5 heteroatoms. The van der Waals surface area contributed by atoms with Gasteiger partial charge in [0.2, 0.25) is 0 Å². The summed E-state index contributed by atoms with van der Waals surface area (Å²) in [6, 6.07) is 19.5. The van der Waals surface area contributed by atoms with Crippen LogP contribution in [0.15, 0.2) is 66.7 Å². The van der Waals surface area contributed by atoms with Crippen LogP contribution in [0.3, 0.4) is 0 Å². The third-order valence-electron chi connectivity index (χ3n) is 3.63. The Morgan fingerprint density at radius 2 is 1.64 bits per heavy atom. The molecule has 3 aromatic rings. The molecule has 25 heavy (non-hydrogen) atoms. The smallest absolute Gasteiger partial charge is 0.123 e. The van der Waals surface area contributed by atoms with E-state index in [0.717, 1.165) is 22.6 Å². The van der Waals surface area contributed by atoms with Crippen molar-refractivity contribution < 1.29 is 9.13 Å². The summed E-state index contributed by atoms with van der Waals surface area (Å²) in [5.74, 6) is 0.521. The second kappa shape index (κ2) is 8.24. The van der Waals surface area contributed by atoms with Gasteiger partial charge in [-0.05, 0) is 59.7 Å². The number of hydrogen-bond acceptors (Lipinski definition) is 2. The first kappa shape index (κ1) is 17.6. The zero-order chi connectivity index (χ0) is 17.6. The summed E-state index contributed by atoms with van der Waals surface area (Å²) in [5.41, 5.74) is 2.88. The number of ether oxygens (including phenoxy) is 1. The molecule has 2 nitrogen and oxygen atoms in total. The molecule has 0 radical (unpaired) electrons. The lowest BCUT2D eigenvalue weighted by atomic mass is 10.2. The molecular formula is C20H16Cl2FNO. The fraction of sp³-hybridized carbons (Fsp3) is 0.100. The number of anilines is 1. The van der Waals surface area contributed by atoms with E-state index in [2.05, 4.69) is 5.32 Å². The minimum atomic E-state index is -0.247. The first-order valence-electron chi connectivity index (χ1n) is 7.75. The molecule has 0 unspecified atom stereocenters. The number of hydrogen-bond donors (Lipinski definition) is 1. The van der Waals surface area contributed by atoms with Crippen LogP contribution in [0.4, 0.5) is 10.1 Å². The molecule has 0 aliphatic heterocycles. The highest BCUT2D eigenvalue weighted by Crippen LogP contribution is 2.23. The lowest BCUT2D eigenvalue weighted by Crippen LogP contribution is -2.00. The number of nitrogens with one attached hydrogen (secondary N) is 1. The number of benzene rings is 3. The third kappa shape index (κ3) is 5.12. The van der Waals surface area contributed by atoms with E-state index in [9.17, 15) is 4.39 Å². The summed E-state index contributed by atoms with van der Waals surface area (Å²) >= 11 is 11.9. The van der Waals surface area contributed by atoms with Crippen LogP contribution in [0, 0.1) is 5.82 Å². The Labute approximate surface area is 156 Å². The lowest BCUT2D eigenvalue weighted by Gasteiger charge is -2.10. The molecule has 0 heterocycles. The summed E-state index contributed by atoms with van der Waals surface area (Å²) < 4.78 is 18.7. The van der Waals surface area contributed by atoms with Gasteiger partial charge in [-0.25, -0.2) is 4.39 Å². The van der Waals surface area contributed by atoms with Crippen molar-refractivity contribution in [2.45, 2.75) is 13.2 Å². The molecule has 3 rings (SSSR count). The van der Waals surface area contributed by atoms with Gasteiger partial charge >= 0.3 is 0 Å². The van der Waals surface area contributed by atoms with Gasteiger partial charge in [-0.1, -0.05) is 41.4 Å². The first-order chi connectivity index (χ1) is 12.1. The standard InChI is InChI=1S/C20H16Cl2FNO/c21-19-9-4-15(11-20(19)22)13-25-18-3-1-2-14(10-18)12-24-17-7-5-16(23)6-8-17/h1-11,24H,12-13H2. The molecule has 0 aliphatic carbocycles. The fourth-order valence-electron chi connectivity index (χ4n) is 2.31. The molecule has 0 amide bonds. The van der Waals surface area contributed by atoms with Crippen molar-refractivity contribution in [2.75, 3.05) is 5.32 Å². The van der Waals surface area contributed by atoms with Crippen molar-refractivity contribution in [1.82, 2.24) is 0 Å². The molecule has 1 N–H and O–H groups in total. The monoisotopic (exact) mass is 375 g/mol. The van der Waals surface area contributed by atoms with E-state index in [1.807, 2.05) is 30.3 Å². The fourth-order valence-corrected chi connectivity index (χ4v) is 2.63. The van der Waals surface area contributed by atoms with Gasteiger partial charge in [0, 0.05) is 12.2 Å². The van der Waals surface area contributed by atoms with Crippen molar-refractivity contribution in [3.05, 3.63) is 93.7 Å². The zero-order valence-electron chi connectivity index (χ0n) is 13.3. The molecule has 0 bridgehead atoms. The highest BCUT2D eigenvalue weighted by molar-refractivity contribution is 6.42. The van der Waals surface area contributed by atoms with Crippen LogP contribution < -0.4 is 10.1 Å². The van der Waals surface area contributed by atoms with Crippen LogP contribution in [0.25, 0.3) is 0 Å². The maximum atomic E-state index is 12.9. The van der Waals surface area contributed by atoms with Crippen molar-refractivity contribution in [1.29, 1.82) is 0 Å². The van der Waals surface area contributed by atoms with Gasteiger partial charge in [0.25, 0.3) is 0 Å². The predicted molar refractivity (Wildman–Crippen MR) is 101 cm³/mol. The summed E-state index contributed by atoms with van der Waals surface area (Å²) in [6.07, 6.45) is 0. The van der Waals surface area contributed by atoms with Crippen LogP contribution >= 0.6 is 23.2 Å². The maximum absolute atomic E-state index is 12.9. The molecule has 0 aromatic heterocycles. The average molecular weight is 376 g/mol. The Balaban J connectivity index is 1.59. The predicted octanol–water partition coefficient (Wildman–Crippen LogP) is 6.32. The van der Waals surface area contributed by atoms with Gasteiger partial charge in [-0.15, -0.1) is 0 Å². The van der Waals surface area contributed by atoms with E-state index in [4.69, 9.17) is 27.9 Å². The van der Waals surface area contributed by atoms with Crippen molar-refractivity contribution in [2.24, 2.45) is 0 Å². The summed E-state index contributed by atoms with van der Waals surface area (Å²) in [6.45, 7) is 1.03. The zero-order valence-corrected chi connectivity index (χ0v) is 14.8. The molecular weight excluding hydrogens is 360 g/mol. The largest absolute Gasteiger partial charge is 0.489 e. The second-order valence-corrected chi connectivity index (χ2v) is 6.36. The molecule has 0 saturated heterocycles. The molecule has 0 atom stereocenters. The third-order valence-corrected chi connectivity index (χ3v) is 4.37. The van der Waals surface area contributed by atoms with Crippen LogP contribution in [-0.2, 0) is 13.2 Å². The van der Waals surface area contributed by atoms with E-state index in [1.165, 1.54) is 12.1 Å². The molecule has 128 valence electrons. The highest BCUT2D eigenvalue weighted by atomic mass is 35.5. The first-order valence-corrected chi connectivity index (χ1v) is 8.51. The van der Waals surface area contributed by atoms with Gasteiger partial charge < -0.3 is 10.1 Å². The topological polar surface area (TPSA) is 21.3 Å². The van der Waals surface area contributed by atoms with E-state index in [1.54, 1.807) is 24.3 Å². The van der Waals surface area contributed by atoms with Crippen molar-refractivity contribution >= 4 is 28.9 Å². The second-order valence-electron chi connectivity index (χ2n) is 5.54. The molecule has 0 aliphatic rings. The Hall–Kier alpha value is -2.23. The normalized spacial score (nSPS) is 10.5. The molecule has 0 saturated carbocycles. The molecule has 3 aromatic carbocycles. The van der Waals surface area contributed by atoms with E-state index >= 15 is 0 Å². The van der Waals surface area contributed by atoms with Crippen LogP contribution in [0.5, 0.6) is 5.75 Å². The minimum absolute atomic E-state index is 0.247. The quantitative estimate of drug-likeness (QED) is 0.543. The van der Waals surface area contributed by atoms with Crippen molar-refractivity contribution in [3.63, 3.8) is 0 Å². The van der Waals surface area contributed by atoms with E-state index < -0.39 is 0 Å². The Kier molecular flexibility index (Phi) is 5.79. The van der Waals surface area contributed by atoms with Gasteiger partial charge in [-0.3, -0.25) is 0 Å². The maximum Gasteiger partial charge on any atom is 0.123 e. The Morgan fingerprint density at radius 1 is 0.840 bits per heavy atom. The summed E-state index contributed by atoms with van der Waals surface area (Å²) in [7, 11) is 0. The SMILES string of the molecule is Fc1ccc(NCc2cccc(OCc3ccc(Cl)c(Cl)c3)c2)cc1. The lowest BCUT2D eigenvalue weighted by molar-refractivity contribution is 0.306. The van der Waals surface area contributed by atoms with Gasteiger partial charge in [-0.2, -0.15) is 0 Å². The summed E-state index contributed by atoms with van der Waals surface area (Å²) in [4.78, 5) is 0. The van der Waals surface area contributed by atoms with Gasteiger partial charge in [0.05, 0.1) is 10.0 Å². The molecule has 0 fully saturated rings. The number of halogens is 3. The Morgan fingerprint density at radius 3 is 2.40 bits per heavy atom. The average Bonchev–Trinajstić information content (AvgIpc) is 2.63. The number of rotatable bonds is 6. The van der Waals surface area contributed by atoms with E-state index in [-0.39, 0.29) is 5.82 Å². The van der Waals surface area contributed by atoms with E-state index in [0.29, 0.717) is 23.2 Å². The van der Waals surface area contributed by atoms with Gasteiger partial charge in [0.15, 0.2) is 0 Å².